The van der Waals surface area contributed by atoms with Crippen molar-refractivity contribution >= 4 is 29.5 Å². The number of carbonyl (C=O) groups excluding carboxylic acids is 4. The van der Waals surface area contributed by atoms with E-state index >= 15 is 0 Å². The van der Waals surface area contributed by atoms with Gasteiger partial charge < -0.3 is 26.0 Å². The topological polar surface area (TPSA) is 134 Å². The molecule has 0 aliphatic carbocycles. The molecule has 4 atom stereocenters. The lowest BCUT2D eigenvalue weighted by Gasteiger charge is -2.36. The zero-order valence-corrected chi connectivity index (χ0v) is 23.2. The maximum Gasteiger partial charge on any atom is 0.410 e. The average Bonchev–Trinajstić information content (AvgIpc) is 3.18. The van der Waals surface area contributed by atoms with E-state index in [2.05, 4.69) is 10.6 Å². The predicted molar refractivity (Wildman–Crippen MR) is 138 cm³/mol. The SMILES string of the molecule is CC(C(=O)NC(C(=O)N1CC(N)C[C@H]1C(=O)Nc1c(F)cccc1F)C(C)(C)C)N(C)C(=O)OC(C)(C)C. The molecule has 10 nitrogen and oxygen atoms in total. The molecule has 38 heavy (non-hydrogen) atoms. The molecule has 1 aromatic rings. The summed E-state index contributed by atoms with van der Waals surface area (Å²) in [5.41, 5.74) is 3.87. The van der Waals surface area contributed by atoms with Crippen LogP contribution in [-0.4, -0.2) is 77.0 Å². The molecule has 0 aromatic heterocycles. The third kappa shape index (κ3) is 7.62. The molecule has 1 aromatic carbocycles. The maximum absolute atomic E-state index is 14.1. The van der Waals surface area contributed by atoms with Crippen LogP contribution in [0.4, 0.5) is 19.3 Å². The lowest BCUT2D eigenvalue weighted by atomic mass is 9.85. The number of amides is 4. The second kappa shape index (κ2) is 11.6. The molecule has 1 aliphatic rings. The highest BCUT2D eigenvalue weighted by atomic mass is 19.1. The van der Waals surface area contributed by atoms with Crippen molar-refractivity contribution in [2.75, 3.05) is 18.9 Å². The van der Waals surface area contributed by atoms with Gasteiger partial charge in [-0.3, -0.25) is 19.3 Å². The highest BCUT2D eigenvalue weighted by Gasteiger charge is 2.45. The van der Waals surface area contributed by atoms with Gasteiger partial charge in [0.15, 0.2) is 0 Å². The number of ether oxygens (including phenoxy) is 1. The summed E-state index contributed by atoms with van der Waals surface area (Å²) in [4.78, 5) is 54.6. The van der Waals surface area contributed by atoms with Gasteiger partial charge in [-0.15, -0.1) is 0 Å². The molecule has 4 N–H and O–H groups in total. The summed E-state index contributed by atoms with van der Waals surface area (Å²) in [6.45, 7) is 11.8. The summed E-state index contributed by atoms with van der Waals surface area (Å²) in [6.07, 6.45) is -0.641. The molecule has 1 aliphatic heterocycles. The third-order valence-corrected chi connectivity index (χ3v) is 6.17. The van der Waals surface area contributed by atoms with Gasteiger partial charge in [0.25, 0.3) is 0 Å². The van der Waals surface area contributed by atoms with Crippen LogP contribution in [-0.2, 0) is 19.1 Å². The molecule has 0 spiro atoms. The Morgan fingerprint density at radius 1 is 1.11 bits per heavy atom. The number of benzene rings is 1. The van der Waals surface area contributed by atoms with Crippen molar-refractivity contribution in [1.29, 1.82) is 0 Å². The van der Waals surface area contributed by atoms with Gasteiger partial charge in [0.2, 0.25) is 17.7 Å². The lowest BCUT2D eigenvalue weighted by Crippen LogP contribution is -2.60. The summed E-state index contributed by atoms with van der Waals surface area (Å²) in [5.74, 6) is -3.90. The Morgan fingerprint density at radius 3 is 2.16 bits per heavy atom. The molecule has 212 valence electrons. The zero-order chi connectivity index (χ0) is 29.2. The number of carbonyl (C=O) groups is 4. The molecule has 0 radical (unpaired) electrons. The Balaban J connectivity index is 2.24. The Hall–Kier alpha value is -3.28. The first-order chi connectivity index (χ1) is 17.3. The number of anilines is 1. The Morgan fingerprint density at radius 2 is 1.66 bits per heavy atom. The number of halogens is 2. The van der Waals surface area contributed by atoms with Crippen LogP contribution in [0.2, 0.25) is 0 Å². The first kappa shape index (κ1) is 30.9. The van der Waals surface area contributed by atoms with Crippen LogP contribution in [0.5, 0.6) is 0 Å². The Labute approximate surface area is 222 Å². The van der Waals surface area contributed by atoms with E-state index in [9.17, 15) is 28.0 Å². The van der Waals surface area contributed by atoms with Crippen molar-refractivity contribution in [3.8, 4) is 0 Å². The van der Waals surface area contributed by atoms with Crippen LogP contribution in [0, 0.1) is 17.0 Å². The van der Waals surface area contributed by atoms with E-state index in [1.54, 1.807) is 41.5 Å². The summed E-state index contributed by atoms with van der Waals surface area (Å²) in [7, 11) is 1.41. The van der Waals surface area contributed by atoms with Crippen molar-refractivity contribution in [3.05, 3.63) is 29.8 Å². The molecule has 0 bridgehead atoms. The van der Waals surface area contributed by atoms with Crippen molar-refractivity contribution in [2.24, 2.45) is 11.1 Å². The molecule has 0 saturated carbocycles. The third-order valence-electron chi connectivity index (χ3n) is 6.17. The maximum atomic E-state index is 14.1. The first-order valence-corrected chi connectivity index (χ1v) is 12.4. The van der Waals surface area contributed by atoms with E-state index in [0.717, 1.165) is 17.0 Å². The molecule has 1 heterocycles. The van der Waals surface area contributed by atoms with Crippen LogP contribution in [0.1, 0.15) is 54.9 Å². The number of hydrogen-bond donors (Lipinski definition) is 3. The monoisotopic (exact) mass is 539 g/mol. The number of nitrogens with zero attached hydrogens (tertiary/aromatic N) is 2. The minimum Gasteiger partial charge on any atom is -0.444 e. The number of likely N-dealkylation sites (tertiary alicyclic amines) is 1. The second-order valence-corrected chi connectivity index (χ2v) is 11.7. The number of para-hydroxylation sites is 1. The van der Waals surface area contributed by atoms with E-state index < -0.39 is 76.3 Å². The van der Waals surface area contributed by atoms with Gasteiger partial charge in [0.1, 0.15) is 41.0 Å². The number of hydrogen-bond acceptors (Lipinski definition) is 6. The van der Waals surface area contributed by atoms with Gasteiger partial charge in [0.05, 0.1) is 0 Å². The summed E-state index contributed by atoms with van der Waals surface area (Å²) in [5, 5.41) is 4.93. The molecular formula is C26H39F2N5O5. The van der Waals surface area contributed by atoms with Crippen molar-refractivity contribution in [1.82, 2.24) is 15.1 Å². The standard InChI is InChI=1S/C26H39F2N5O5/c1-14(32(8)24(37)38-26(5,6)7)21(34)31-20(25(2,3)4)23(36)33-13-15(29)12-18(33)22(35)30-19-16(27)10-9-11-17(19)28/h9-11,14-15,18,20H,12-13,29H2,1-8H3,(H,30,35)(H,31,34)/t14?,15?,18-,20?/m0/s1. The normalized spacial score (nSPS) is 19.4. The predicted octanol–water partition coefficient (Wildman–Crippen LogP) is 2.62. The second-order valence-electron chi connectivity index (χ2n) is 11.7. The highest BCUT2D eigenvalue weighted by molar-refractivity contribution is 5.99. The quantitative estimate of drug-likeness (QED) is 0.509. The fraction of sp³-hybridized carbons (Fsp3) is 0.615. The number of nitrogens with one attached hydrogen (secondary N) is 2. The van der Waals surface area contributed by atoms with E-state index in [4.69, 9.17) is 10.5 Å². The zero-order valence-electron chi connectivity index (χ0n) is 23.2. The van der Waals surface area contributed by atoms with E-state index in [1.807, 2.05) is 0 Å². The van der Waals surface area contributed by atoms with E-state index in [0.29, 0.717) is 0 Å². The smallest absolute Gasteiger partial charge is 0.410 e. The van der Waals surface area contributed by atoms with Crippen LogP contribution in [0.3, 0.4) is 0 Å². The van der Waals surface area contributed by atoms with E-state index in [-0.39, 0.29) is 13.0 Å². The molecule has 4 amide bonds. The molecule has 3 unspecified atom stereocenters. The van der Waals surface area contributed by atoms with Crippen LogP contribution < -0.4 is 16.4 Å². The molecule has 1 fully saturated rings. The fourth-order valence-electron chi connectivity index (χ4n) is 3.93. The van der Waals surface area contributed by atoms with Gasteiger partial charge in [-0.2, -0.15) is 0 Å². The first-order valence-electron chi connectivity index (χ1n) is 12.4. The van der Waals surface area contributed by atoms with Crippen LogP contribution in [0.15, 0.2) is 18.2 Å². The largest absolute Gasteiger partial charge is 0.444 e. The van der Waals surface area contributed by atoms with E-state index in [1.165, 1.54) is 24.9 Å². The summed E-state index contributed by atoms with van der Waals surface area (Å²) < 4.78 is 33.5. The molecule has 2 rings (SSSR count). The van der Waals surface area contributed by atoms with Crippen molar-refractivity contribution in [3.63, 3.8) is 0 Å². The minimum absolute atomic E-state index is 0.00644. The lowest BCUT2D eigenvalue weighted by molar-refractivity contribution is -0.143. The van der Waals surface area contributed by atoms with Gasteiger partial charge in [-0.1, -0.05) is 26.8 Å². The van der Waals surface area contributed by atoms with Gasteiger partial charge in [-0.05, 0) is 51.7 Å². The van der Waals surface area contributed by atoms with Crippen molar-refractivity contribution in [2.45, 2.75) is 84.7 Å². The summed E-state index contributed by atoms with van der Waals surface area (Å²) >= 11 is 0. The summed E-state index contributed by atoms with van der Waals surface area (Å²) in [6, 6.07) is -0.583. The van der Waals surface area contributed by atoms with Gasteiger partial charge >= 0.3 is 6.09 Å². The van der Waals surface area contributed by atoms with Gasteiger partial charge in [-0.25, -0.2) is 13.6 Å². The Bertz CT molecular complexity index is 1050. The molecule has 12 heteroatoms. The van der Waals surface area contributed by atoms with Crippen molar-refractivity contribution < 1.29 is 32.7 Å². The fourth-order valence-corrected chi connectivity index (χ4v) is 3.93. The number of nitrogens with two attached hydrogens (primary N) is 1. The minimum atomic E-state index is -1.11. The Kier molecular flexibility index (Phi) is 9.47. The molecule has 1 saturated heterocycles. The highest BCUT2D eigenvalue weighted by Crippen LogP contribution is 2.27. The van der Waals surface area contributed by atoms with Crippen LogP contribution in [0.25, 0.3) is 0 Å². The number of rotatable bonds is 6. The average molecular weight is 540 g/mol. The molecular weight excluding hydrogens is 500 g/mol. The van der Waals surface area contributed by atoms with Gasteiger partial charge in [0, 0.05) is 19.6 Å². The van der Waals surface area contributed by atoms with Crippen LogP contribution >= 0.6 is 0 Å². The number of likely N-dealkylation sites (N-methyl/N-ethyl adjacent to an activating group) is 1.